The van der Waals surface area contributed by atoms with Crippen LogP contribution in [-0.2, 0) is 6.54 Å². The molecule has 1 aromatic heterocycles. The SMILES string of the molecule is Cc1nc(SCCN2CCCCC2)n(CC(C)C)c1C. The molecule has 4 heteroatoms. The predicted molar refractivity (Wildman–Crippen MR) is 87.6 cm³/mol. The van der Waals surface area contributed by atoms with E-state index < -0.39 is 0 Å². The highest BCUT2D eigenvalue weighted by Gasteiger charge is 2.14. The Kier molecular flexibility index (Phi) is 5.97. The summed E-state index contributed by atoms with van der Waals surface area (Å²) in [6.45, 7) is 13.7. The Morgan fingerprint density at radius 3 is 2.50 bits per heavy atom. The standard InChI is InChI=1S/C16H29N3S/c1-13(2)12-19-15(4)14(3)17-16(19)20-11-10-18-8-6-5-7-9-18/h13H,5-12H2,1-4H3. The van der Waals surface area contributed by atoms with Crippen LogP contribution in [-0.4, -0.2) is 39.8 Å². The van der Waals surface area contributed by atoms with Gasteiger partial charge in [-0.15, -0.1) is 0 Å². The Morgan fingerprint density at radius 2 is 1.85 bits per heavy atom. The number of likely N-dealkylation sites (tertiary alicyclic amines) is 1. The van der Waals surface area contributed by atoms with Gasteiger partial charge in [0.05, 0.1) is 5.69 Å². The van der Waals surface area contributed by atoms with Crippen LogP contribution < -0.4 is 0 Å². The lowest BCUT2D eigenvalue weighted by molar-refractivity contribution is 0.242. The van der Waals surface area contributed by atoms with Gasteiger partial charge in [-0.2, -0.15) is 0 Å². The monoisotopic (exact) mass is 295 g/mol. The number of rotatable bonds is 6. The van der Waals surface area contributed by atoms with Crippen LogP contribution in [0.4, 0.5) is 0 Å². The number of piperidine rings is 1. The Balaban J connectivity index is 1.89. The summed E-state index contributed by atoms with van der Waals surface area (Å²) in [4.78, 5) is 7.36. The van der Waals surface area contributed by atoms with Gasteiger partial charge in [-0.25, -0.2) is 4.98 Å². The van der Waals surface area contributed by atoms with Crippen molar-refractivity contribution in [1.29, 1.82) is 0 Å². The van der Waals surface area contributed by atoms with E-state index >= 15 is 0 Å². The van der Waals surface area contributed by atoms with Crippen molar-refractivity contribution in [2.45, 2.75) is 58.7 Å². The highest BCUT2D eigenvalue weighted by atomic mass is 32.2. The third-order valence-electron chi connectivity index (χ3n) is 4.06. The van der Waals surface area contributed by atoms with Crippen LogP contribution >= 0.6 is 11.8 Å². The molecule has 0 atom stereocenters. The van der Waals surface area contributed by atoms with Crippen LogP contribution in [0.15, 0.2) is 5.16 Å². The molecule has 2 rings (SSSR count). The number of thioether (sulfide) groups is 1. The van der Waals surface area contributed by atoms with E-state index in [0.717, 1.165) is 12.3 Å². The summed E-state index contributed by atoms with van der Waals surface area (Å²) in [5, 5.41) is 1.21. The molecule has 3 nitrogen and oxygen atoms in total. The molecule has 0 amide bonds. The normalized spacial score (nSPS) is 17.1. The maximum absolute atomic E-state index is 4.75. The van der Waals surface area contributed by atoms with Crippen LogP contribution in [0, 0.1) is 19.8 Å². The molecule has 1 saturated heterocycles. The van der Waals surface area contributed by atoms with E-state index in [4.69, 9.17) is 4.98 Å². The average molecular weight is 295 g/mol. The number of nitrogens with zero attached hydrogens (tertiary/aromatic N) is 3. The first-order valence-corrected chi connectivity index (χ1v) is 8.95. The van der Waals surface area contributed by atoms with Crippen LogP contribution in [0.5, 0.6) is 0 Å². The van der Waals surface area contributed by atoms with Gasteiger partial charge in [0.1, 0.15) is 0 Å². The first-order chi connectivity index (χ1) is 9.58. The minimum Gasteiger partial charge on any atom is -0.323 e. The minimum atomic E-state index is 0.670. The van der Waals surface area contributed by atoms with Gasteiger partial charge in [0, 0.05) is 24.5 Å². The quantitative estimate of drug-likeness (QED) is 0.746. The maximum Gasteiger partial charge on any atom is 0.168 e. The number of aromatic nitrogens is 2. The van der Waals surface area contributed by atoms with Crippen molar-refractivity contribution in [3.63, 3.8) is 0 Å². The van der Waals surface area contributed by atoms with Crippen molar-refractivity contribution in [3.8, 4) is 0 Å². The second-order valence-corrected chi connectivity index (χ2v) is 7.38. The number of hydrogen-bond acceptors (Lipinski definition) is 3. The van der Waals surface area contributed by atoms with Crippen molar-refractivity contribution >= 4 is 11.8 Å². The summed E-state index contributed by atoms with van der Waals surface area (Å²) in [7, 11) is 0. The lowest BCUT2D eigenvalue weighted by Gasteiger charge is -2.26. The molecule has 1 aliphatic heterocycles. The van der Waals surface area contributed by atoms with E-state index in [1.54, 1.807) is 0 Å². The van der Waals surface area contributed by atoms with E-state index in [1.165, 1.54) is 55.4 Å². The Hall–Kier alpha value is -0.480. The molecular weight excluding hydrogens is 266 g/mol. The molecule has 2 heterocycles. The third-order valence-corrected chi connectivity index (χ3v) is 5.01. The average Bonchev–Trinajstić information content (AvgIpc) is 2.67. The van der Waals surface area contributed by atoms with E-state index in [1.807, 2.05) is 11.8 Å². The fourth-order valence-corrected chi connectivity index (χ4v) is 3.86. The van der Waals surface area contributed by atoms with Crippen LogP contribution in [0.2, 0.25) is 0 Å². The Labute approximate surface area is 128 Å². The van der Waals surface area contributed by atoms with Gasteiger partial charge in [-0.3, -0.25) is 0 Å². The molecular formula is C16H29N3S. The van der Waals surface area contributed by atoms with Crippen molar-refractivity contribution in [1.82, 2.24) is 14.5 Å². The predicted octanol–water partition coefficient (Wildman–Crippen LogP) is 3.73. The largest absolute Gasteiger partial charge is 0.323 e. The zero-order valence-electron chi connectivity index (χ0n) is 13.5. The maximum atomic E-state index is 4.75. The first-order valence-electron chi connectivity index (χ1n) is 7.97. The van der Waals surface area contributed by atoms with E-state index in [2.05, 4.69) is 37.2 Å². The highest BCUT2D eigenvalue weighted by molar-refractivity contribution is 7.99. The molecule has 1 aromatic rings. The summed E-state index contributed by atoms with van der Waals surface area (Å²) in [6.07, 6.45) is 4.18. The Bertz CT molecular complexity index is 420. The lowest BCUT2D eigenvalue weighted by Crippen LogP contribution is -2.31. The van der Waals surface area contributed by atoms with E-state index in [9.17, 15) is 0 Å². The smallest absolute Gasteiger partial charge is 0.168 e. The summed E-state index contributed by atoms with van der Waals surface area (Å²) in [5.74, 6) is 1.83. The molecule has 0 unspecified atom stereocenters. The van der Waals surface area contributed by atoms with Crippen molar-refractivity contribution < 1.29 is 0 Å². The Morgan fingerprint density at radius 1 is 1.15 bits per heavy atom. The number of hydrogen-bond donors (Lipinski definition) is 0. The van der Waals surface area contributed by atoms with Crippen molar-refractivity contribution in [3.05, 3.63) is 11.4 Å². The van der Waals surface area contributed by atoms with Gasteiger partial charge in [-0.1, -0.05) is 32.0 Å². The number of aryl methyl sites for hydroxylation is 1. The molecule has 0 aromatic carbocycles. The van der Waals surface area contributed by atoms with E-state index in [0.29, 0.717) is 5.92 Å². The topological polar surface area (TPSA) is 21.1 Å². The molecule has 0 spiro atoms. The third kappa shape index (κ3) is 4.26. The van der Waals surface area contributed by atoms with Gasteiger partial charge < -0.3 is 9.47 Å². The fraction of sp³-hybridized carbons (Fsp3) is 0.812. The lowest BCUT2D eigenvalue weighted by atomic mass is 10.1. The molecule has 1 aliphatic rings. The molecule has 0 saturated carbocycles. The summed E-state index contributed by atoms with van der Waals surface area (Å²) >= 11 is 1.93. The molecule has 114 valence electrons. The van der Waals surface area contributed by atoms with Gasteiger partial charge >= 0.3 is 0 Å². The van der Waals surface area contributed by atoms with Crippen molar-refractivity contribution in [2.24, 2.45) is 5.92 Å². The summed E-state index contributed by atoms with van der Waals surface area (Å²) in [6, 6.07) is 0. The van der Waals surface area contributed by atoms with Crippen LogP contribution in [0.3, 0.4) is 0 Å². The number of imidazole rings is 1. The summed E-state index contributed by atoms with van der Waals surface area (Å²) in [5.41, 5.74) is 2.52. The molecule has 0 aliphatic carbocycles. The molecule has 0 N–H and O–H groups in total. The molecule has 1 fully saturated rings. The summed E-state index contributed by atoms with van der Waals surface area (Å²) < 4.78 is 2.40. The first kappa shape index (κ1) is 15.9. The minimum absolute atomic E-state index is 0.670. The highest BCUT2D eigenvalue weighted by Crippen LogP contribution is 2.23. The molecule has 0 bridgehead atoms. The van der Waals surface area contributed by atoms with Gasteiger partial charge in [-0.05, 0) is 45.7 Å². The fourth-order valence-electron chi connectivity index (χ4n) is 2.76. The van der Waals surface area contributed by atoms with Gasteiger partial charge in [0.15, 0.2) is 5.16 Å². The second-order valence-electron chi connectivity index (χ2n) is 6.32. The molecule has 20 heavy (non-hydrogen) atoms. The zero-order chi connectivity index (χ0) is 14.5. The van der Waals surface area contributed by atoms with Crippen LogP contribution in [0.25, 0.3) is 0 Å². The molecule has 0 radical (unpaired) electrons. The van der Waals surface area contributed by atoms with Crippen molar-refractivity contribution in [2.75, 3.05) is 25.4 Å². The van der Waals surface area contributed by atoms with Gasteiger partial charge in [0.25, 0.3) is 0 Å². The van der Waals surface area contributed by atoms with Crippen LogP contribution in [0.1, 0.15) is 44.5 Å². The van der Waals surface area contributed by atoms with E-state index in [-0.39, 0.29) is 0 Å². The zero-order valence-corrected chi connectivity index (χ0v) is 14.3. The second kappa shape index (κ2) is 7.51. The van der Waals surface area contributed by atoms with Gasteiger partial charge in [0.2, 0.25) is 0 Å².